The fraction of sp³-hybridized carbons (Fsp3) is 0.0714. The van der Waals surface area contributed by atoms with Crippen LogP contribution in [0.2, 0.25) is 0 Å². The number of aldehydes is 1. The Bertz CT molecular complexity index is 639. The lowest BCUT2D eigenvalue weighted by Gasteiger charge is -2.08. The summed E-state index contributed by atoms with van der Waals surface area (Å²) in [5.74, 6) is 0.767. The van der Waals surface area contributed by atoms with E-state index in [0.717, 1.165) is 0 Å². The van der Waals surface area contributed by atoms with Gasteiger partial charge in [-0.1, -0.05) is 12.6 Å². The van der Waals surface area contributed by atoms with E-state index >= 15 is 0 Å². The van der Waals surface area contributed by atoms with Crippen LogP contribution >= 0.6 is 0 Å². The number of carbonyl (C=O) groups is 1. The summed E-state index contributed by atoms with van der Waals surface area (Å²) < 4.78 is 5.20. The average Bonchev–Trinajstić information content (AvgIpc) is 2.47. The molecular formula is C14H12N2O3. The minimum Gasteiger partial charge on any atom is -0.507 e. The van der Waals surface area contributed by atoms with Crippen molar-refractivity contribution in [2.45, 2.75) is 0 Å². The van der Waals surface area contributed by atoms with E-state index in [9.17, 15) is 9.90 Å². The number of ether oxygens (including phenoxy) is 1. The molecule has 0 fully saturated rings. The Kier molecular flexibility index (Phi) is 3.56. The molecule has 1 aromatic heterocycles. The molecule has 0 atom stereocenters. The number of carbonyl (C=O) groups excluding carboxylic acids is 1. The Hall–Kier alpha value is -2.69. The highest BCUT2D eigenvalue weighted by atomic mass is 16.5. The van der Waals surface area contributed by atoms with Crippen molar-refractivity contribution < 1.29 is 14.6 Å². The van der Waals surface area contributed by atoms with E-state index in [1.165, 1.54) is 19.3 Å². The lowest BCUT2D eigenvalue weighted by molar-refractivity contribution is 0.112. The lowest BCUT2D eigenvalue weighted by Crippen LogP contribution is -1.96. The molecule has 0 aliphatic carbocycles. The largest absolute Gasteiger partial charge is 0.507 e. The summed E-state index contributed by atoms with van der Waals surface area (Å²) in [6.45, 7) is 3.59. The molecule has 0 saturated carbocycles. The highest BCUT2D eigenvalue weighted by Gasteiger charge is 2.11. The van der Waals surface area contributed by atoms with Crippen molar-refractivity contribution in [1.82, 2.24) is 9.97 Å². The third kappa shape index (κ3) is 2.44. The molecule has 0 unspecified atom stereocenters. The van der Waals surface area contributed by atoms with E-state index < -0.39 is 0 Å². The standard InChI is InChI=1S/C14H12N2O3/c1-3-13-15-7-11(14(16-13)19-2)9-4-5-12(18)10(6-9)8-17/h3-8,18H,1H2,2H3. The zero-order valence-corrected chi connectivity index (χ0v) is 10.3. The molecular weight excluding hydrogens is 244 g/mol. The number of aromatic hydroxyl groups is 1. The molecule has 0 bridgehead atoms. The molecule has 5 nitrogen and oxygen atoms in total. The van der Waals surface area contributed by atoms with Gasteiger partial charge in [0.25, 0.3) is 0 Å². The summed E-state index contributed by atoms with van der Waals surface area (Å²) in [4.78, 5) is 19.1. The summed E-state index contributed by atoms with van der Waals surface area (Å²) in [6, 6.07) is 4.66. The number of nitrogens with zero attached hydrogens (tertiary/aromatic N) is 2. The van der Waals surface area contributed by atoms with E-state index in [0.29, 0.717) is 29.1 Å². The van der Waals surface area contributed by atoms with Gasteiger partial charge < -0.3 is 9.84 Å². The van der Waals surface area contributed by atoms with Gasteiger partial charge in [-0.2, -0.15) is 4.98 Å². The van der Waals surface area contributed by atoms with Gasteiger partial charge >= 0.3 is 0 Å². The lowest BCUT2D eigenvalue weighted by atomic mass is 10.1. The van der Waals surface area contributed by atoms with E-state index in [1.54, 1.807) is 18.3 Å². The van der Waals surface area contributed by atoms with Crippen LogP contribution in [0.4, 0.5) is 0 Å². The molecule has 2 rings (SSSR count). The number of hydrogen-bond donors (Lipinski definition) is 1. The first-order valence-corrected chi connectivity index (χ1v) is 5.51. The first-order valence-electron chi connectivity index (χ1n) is 5.51. The summed E-state index contributed by atoms with van der Waals surface area (Å²) in [6.07, 6.45) is 3.69. The first kappa shape index (κ1) is 12.8. The molecule has 1 aromatic carbocycles. The van der Waals surface area contributed by atoms with Gasteiger partial charge in [0, 0.05) is 6.20 Å². The maximum atomic E-state index is 10.8. The number of hydrogen-bond acceptors (Lipinski definition) is 5. The predicted molar refractivity (Wildman–Crippen MR) is 71.2 cm³/mol. The smallest absolute Gasteiger partial charge is 0.224 e. The van der Waals surface area contributed by atoms with Gasteiger partial charge in [-0.15, -0.1) is 0 Å². The molecule has 5 heteroatoms. The minimum atomic E-state index is -0.0682. The second-order valence-electron chi connectivity index (χ2n) is 3.75. The van der Waals surface area contributed by atoms with Crippen molar-refractivity contribution in [1.29, 1.82) is 0 Å². The Morgan fingerprint density at radius 3 is 2.84 bits per heavy atom. The maximum Gasteiger partial charge on any atom is 0.224 e. The number of rotatable bonds is 4. The number of benzene rings is 1. The third-order valence-electron chi connectivity index (χ3n) is 2.61. The monoisotopic (exact) mass is 256 g/mol. The van der Waals surface area contributed by atoms with Crippen LogP contribution < -0.4 is 4.74 Å². The van der Waals surface area contributed by atoms with Crippen LogP contribution in [0.25, 0.3) is 17.2 Å². The van der Waals surface area contributed by atoms with Crippen LogP contribution in [0.15, 0.2) is 31.0 Å². The third-order valence-corrected chi connectivity index (χ3v) is 2.61. The Morgan fingerprint density at radius 2 is 2.21 bits per heavy atom. The average molecular weight is 256 g/mol. The van der Waals surface area contributed by atoms with Crippen LogP contribution in [0.3, 0.4) is 0 Å². The Balaban J connectivity index is 2.57. The van der Waals surface area contributed by atoms with Crippen molar-refractivity contribution in [3.05, 3.63) is 42.4 Å². The molecule has 2 aromatic rings. The van der Waals surface area contributed by atoms with Crippen LogP contribution in [-0.2, 0) is 0 Å². The predicted octanol–water partition coefficient (Wildman–Crippen LogP) is 2.31. The van der Waals surface area contributed by atoms with Gasteiger partial charge in [0.15, 0.2) is 12.1 Å². The molecule has 0 aliphatic heterocycles. The second-order valence-corrected chi connectivity index (χ2v) is 3.75. The van der Waals surface area contributed by atoms with E-state index in [-0.39, 0.29) is 11.3 Å². The fourth-order valence-electron chi connectivity index (χ4n) is 1.65. The maximum absolute atomic E-state index is 10.8. The second kappa shape index (κ2) is 5.30. The summed E-state index contributed by atoms with van der Waals surface area (Å²) in [5, 5.41) is 9.48. The van der Waals surface area contributed by atoms with Crippen LogP contribution in [0.5, 0.6) is 11.6 Å². The van der Waals surface area contributed by atoms with E-state index in [1.807, 2.05) is 0 Å². The highest BCUT2D eigenvalue weighted by molar-refractivity contribution is 5.83. The molecule has 0 radical (unpaired) electrons. The Morgan fingerprint density at radius 1 is 1.42 bits per heavy atom. The minimum absolute atomic E-state index is 0.0682. The molecule has 0 spiro atoms. The van der Waals surface area contributed by atoms with Crippen LogP contribution in [-0.4, -0.2) is 28.5 Å². The van der Waals surface area contributed by atoms with Gasteiger partial charge in [0.2, 0.25) is 5.88 Å². The van der Waals surface area contributed by atoms with Crippen molar-refractivity contribution in [2.24, 2.45) is 0 Å². The molecule has 0 saturated heterocycles. The number of methoxy groups -OCH3 is 1. The van der Waals surface area contributed by atoms with E-state index in [2.05, 4.69) is 16.5 Å². The molecule has 96 valence electrons. The summed E-state index contributed by atoms with van der Waals surface area (Å²) in [7, 11) is 1.50. The summed E-state index contributed by atoms with van der Waals surface area (Å²) >= 11 is 0. The Labute approximate surface area is 110 Å². The SMILES string of the molecule is C=Cc1ncc(-c2ccc(O)c(C=O)c2)c(OC)n1. The van der Waals surface area contributed by atoms with Gasteiger partial charge in [-0.25, -0.2) is 4.98 Å². The number of aromatic nitrogens is 2. The molecule has 0 amide bonds. The van der Waals surface area contributed by atoms with E-state index in [4.69, 9.17) is 4.74 Å². The van der Waals surface area contributed by atoms with Crippen molar-refractivity contribution in [3.8, 4) is 22.8 Å². The molecule has 19 heavy (non-hydrogen) atoms. The van der Waals surface area contributed by atoms with Crippen LogP contribution in [0, 0.1) is 0 Å². The van der Waals surface area contributed by atoms with Gasteiger partial charge in [0.05, 0.1) is 18.2 Å². The van der Waals surface area contributed by atoms with Gasteiger partial charge in [0.1, 0.15) is 5.75 Å². The topological polar surface area (TPSA) is 72.3 Å². The van der Waals surface area contributed by atoms with Crippen molar-refractivity contribution >= 4 is 12.4 Å². The zero-order valence-electron chi connectivity index (χ0n) is 10.3. The van der Waals surface area contributed by atoms with Gasteiger partial charge in [-0.05, 0) is 23.8 Å². The van der Waals surface area contributed by atoms with Crippen LogP contribution in [0.1, 0.15) is 16.2 Å². The first-order chi connectivity index (χ1) is 9.19. The van der Waals surface area contributed by atoms with Crippen molar-refractivity contribution in [3.63, 3.8) is 0 Å². The number of phenolic OH excluding ortho intramolecular Hbond substituents is 1. The summed E-state index contributed by atoms with van der Waals surface area (Å²) in [5.41, 5.74) is 1.52. The molecule has 1 heterocycles. The fourth-order valence-corrected chi connectivity index (χ4v) is 1.65. The molecule has 0 aliphatic rings. The normalized spacial score (nSPS) is 9.95. The van der Waals surface area contributed by atoms with Gasteiger partial charge in [-0.3, -0.25) is 4.79 Å². The highest BCUT2D eigenvalue weighted by Crippen LogP contribution is 2.30. The number of phenols is 1. The van der Waals surface area contributed by atoms with Crippen molar-refractivity contribution in [2.75, 3.05) is 7.11 Å². The quantitative estimate of drug-likeness (QED) is 0.850. The zero-order chi connectivity index (χ0) is 13.8. The molecule has 1 N–H and O–H groups in total.